The van der Waals surface area contributed by atoms with Crippen molar-refractivity contribution in [1.82, 2.24) is 4.90 Å². The lowest BCUT2D eigenvalue weighted by Crippen LogP contribution is -2.44. The Labute approximate surface area is 119 Å². The van der Waals surface area contributed by atoms with Crippen LogP contribution in [0.25, 0.3) is 0 Å². The van der Waals surface area contributed by atoms with Crippen LogP contribution in [0, 0.1) is 17.2 Å². The molecule has 1 atom stereocenters. The van der Waals surface area contributed by atoms with E-state index in [1.807, 2.05) is 0 Å². The van der Waals surface area contributed by atoms with Crippen LogP contribution in [0.3, 0.4) is 0 Å². The van der Waals surface area contributed by atoms with Gasteiger partial charge < -0.3 is 5.11 Å². The minimum atomic E-state index is -0.730. The van der Waals surface area contributed by atoms with Crippen LogP contribution in [-0.2, 0) is 11.3 Å². The molecule has 0 bridgehead atoms. The molecular weight excluding hydrogens is 257 g/mol. The van der Waals surface area contributed by atoms with Crippen LogP contribution < -0.4 is 0 Å². The van der Waals surface area contributed by atoms with Gasteiger partial charge in [0.1, 0.15) is 5.82 Å². The molecule has 1 fully saturated rings. The van der Waals surface area contributed by atoms with Crippen LogP contribution in [0.5, 0.6) is 0 Å². The second-order valence-electron chi connectivity index (χ2n) is 6.23. The third-order valence-electron chi connectivity index (χ3n) is 4.40. The van der Waals surface area contributed by atoms with E-state index in [-0.39, 0.29) is 11.7 Å². The summed E-state index contributed by atoms with van der Waals surface area (Å²) in [4.78, 5) is 13.6. The fourth-order valence-electron chi connectivity index (χ4n) is 2.81. The van der Waals surface area contributed by atoms with Gasteiger partial charge in [0.25, 0.3) is 0 Å². The molecule has 1 saturated heterocycles. The third-order valence-corrected chi connectivity index (χ3v) is 4.40. The highest BCUT2D eigenvalue weighted by atomic mass is 19.1. The van der Waals surface area contributed by atoms with Gasteiger partial charge in [-0.05, 0) is 56.8 Å². The molecule has 1 aliphatic heterocycles. The largest absolute Gasteiger partial charge is 0.481 e. The summed E-state index contributed by atoms with van der Waals surface area (Å²) in [7, 11) is 0. The van der Waals surface area contributed by atoms with Crippen molar-refractivity contribution in [2.45, 2.75) is 33.2 Å². The molecule has 1 aromatic rings. The van der Waals surface area contributed by atoms with Crippen molar-refractivity contribution >= 4 is 5.97 Å². The first-order valence-electron chi connectivity index (χ1n) is 7.10. The van der Waals surface area contributed by atoms with Crippen molar-refractivity contribution in [3.8, 4) is 0 Å². The van der Waals surface area contributed by atoms with Crippen molar-refractivity contribution in [2.24, 2.45) is 11.3 Å². The van der Waals surface area contributed by atoms with Crippen LogP contribution in [0.2, 0.25) is 0 Å². The van der Waals surface area contributed by atoms with Crippen molar-refractivity contribution in [3.05, 3.63) is 35.6 Å². The van der Waals surface area contributed by atoms with E-state index in [2.05, 4.69) is 4.90 Å². The molecule has 0 aromatic heterocycles. The highest BCUT2D eigenvalue weighted by molar-refractivity contribution is 5.74. The average molecular weight is 279 g/mol. The number of nitrogens with zero attached hydrogens (tertiary/aromatic N) is 1. The number of piperidine rings is 1. The maximum Gasteiger partial charge on any atom is 0.309 e. The number of carbonyl (C=O) groups is 1. The normalized spacial score (nSPS) is 20.9. The van der Waals surface area contributed by atoms with E-state index in [1.165, 1.54) is 12.1 Å². The molecule has 1 unspecified atom stereocenters. The van der Waals surface area contributed by atoms with E-state index in [4.69, 9.17) is 0 Å². The second-order valence-corrected chi connectivity index (χ2v) is 6.23. The zero-order valence-corrected chi connectivity index (χ0v) is 12.1. The number of halogens is 1. The van der Waals surface area contributed by atoms with Crippen LogP contribution in [0.1, 0.15) is 32.3 Å². The van der Waals surface area contributed by atoms with Gasteiger partial charge in [-0.15, -0.1) is 0 Å². The van der Waals surface area contributed by atoms with Crippen molar-refractivity contribution in [1.29, 1.82) is 0 Å². The summed E-state index contributed by atoms with van der Waals surface area (Å²) in [6, 6.07) is 6.53. The average Bonchev–Trinajstić information content (AvgIpc) is 2.41. The Morgan fingerprint density at radius 3 is 2.65 bits per heavy atom. The predicted octanol–water partition coefficient (Wildman–Crippen LogP) is 3.15. The number of aliphatic carboxylic acids is 1. The number of carboxylic acid groups (broad SMARTS) is 1. The number of hydrogen-bond acceptors (Lipinski definition) is 2. The lowest BCUT2D eigenvalue weighted by Gasteiger charge is -2.39. The maximum absolute atomic E-state index is 12.9. The first-order valence-corrected chi connectivity index (χ1v) is 7.10. The van der Waals surface area contributed by atoms with E-state index in [9.17, 15) is 14.3 Å². The van der Waals surface area contributed by atoms with E-state index >= 15 is 0 Å². The Morgan fingerprint density at radius 2 is 2.05 bits per heavy atom. The van der Waals surface area contributed by atoms with Crippen molar-refractivity contribution < 1.29 is 14.3 Å². The monoisotopic (exact) mass is 279 g/mol. The Bertz CT molecular complexity index is 470. The van der Waals surface area contributed by atoms with Crippen LogP contribution >= 0.6 is 0 Å². The first kappa shape index (κ1) is 15.0. The molecular formula is C16H22FNO2. The van der Waals surface area contributed by atoms with Gasteiger partial charge in [-0.25, -0.2) is 4.39 Å². The Morgan fingerprint density at radius 1 is 1.40 bits per heavy atom. The van der Waals surface area contributed by atoms with Crippen LogP contribution in [0.15, 0.2) is 24.3 Å². The van der Waals surface area contributed by atoms with Gasteiger partial charge in [-0.2, -0.15) is 0 Å². The number of hydrogen-bond donors (Lipinski definition) is 1. The van der Waals surface area contributed by atoms with E-state index in [0.29, 0.717) is 0 Å². The molecule has 4 heteroatoms. The predicted molar refractivity (Wildman–Crippen MR) is 75.8 cm³/mol. The van der Waals surface area contributed by atoms with Gasteiger partial charge in [0.05, 0.1) is 5.41 Å². The summed E-state index contributed by atoms with van der Waals surface area (Å²) in [6.07, 6.45) is 1.97. The quantitative estimate of drug-likeness (QED) is 0.920. The number of benzene rings is 1. The lowest BCUT2D eigenvalue weighted by molar-refractivity contribution is -0.151. The summed E-state index contributed by atoms with van der Waals surface area (Å²) >= 11 is 0. The molecule has 1 aromatic carbocycles. The Balaban J connectivity index is 2.00. The van der Waals surface area contributed by atoms with Crippen LogP contribution in [0.4, 0.5) is 4.39 Å². The summed E-state index contributed by atoms with van der Waals surface area (Å²) < 4.78 is 12.9. The highest BCUT2D eigenvalue weighted by Crippen LogP contribution is 2.34. The molecule has 0 spiro atoms. The minimum Gasteiger partial charge on any atom is -0.481 e. The SMILES string of the molecule is CC(C)(C(=O)O)C1CCCN(Cc2ccc(F)cc2)C1. The standard InChI is InChI=1S/C16H22FNO2/c1-16(2,15(19)20)13-4-3-9-18(11-13)10-12-5-7-14(17)8-6-12/h5-8,13H,3-4,9-11H2,1-2H3,(H,19,20). The molecule has 0 saturated carbocycles. The Kier molecular flexibility index (Phi) is 4.43. The molecule has 0 radical (unpaired) electrons. The first-order chi connectivity index (χ1) is 9.39. The molecule has 1 N–H and O–H groups in total. The number of likely N-dealkylation sites (tertiary alicyclic amines) is 1. The van der Waals surface area contributed by atoms with Crippen molar-refractivity contribution in [3.63, 3.8) is 0 Å². The fourth-order valence-corrected chi connectivity index (χ4v) is 2.81. The van der Waals surface area contributed by atoms with E-state index < -0.39 is 11.4 Å². The molecule has 2 rings (SSSR count). The zero-order valence-electron chi connectivity index (χ0n) is 12.1. The van der Waals surface area contributed by atoms with Gasteiger partial charge in [-0.3, -0.25) is 9.69 Å². The van der Waals surface area contributed by atoms with Gasteiger partial charge in [-0.1, -0.05) is 12.1 Å². The van der Waals surface area contributed by atoms with Gasteiger partial charge in [0, 0.05) is 13.1 Å². The maximum atomic E-state index is 12.9. The second kappa shape index (κ2) is 5.92. The number of carboxylic acids is 1. The molecule has 0 amide bonds. The van der Waals surface area contributed by atoms with E-state index in [0.717, 1.165) is 38.0 Å². The molecule has 3 nitrogen and oxygen atoms in total. The topological polar surface area (TPSA) is 40.5 Å². The van der Waals surface area contributed by atoms with E-state index in [1.54, 1.807) is 26.0 Å². The molecule has 20 heavy (non-hydrogen) atoms. The lowest BCUT2D eigenvalue weighted by atomic mass is 9.74. The molecule has 0 aliphatic carbocycles. The summed E-state index contributed by atoms with van der Waals surface area (Å²) in [5.41, 5.74) is 0.377. The zero-order chi connectivity index (χ0) is 14.8. The van der Waals surface area contributed by atoms with Crippen LogP contribution in [-0.4, -0.2) is 29.1 Å². The summed E-state index contributed by atoms with van der Waals surface area (Å²) in [6.45, 7) is 6.13. The minimum absolute atomic E-state index is 0.161. The molecule has 110 valence electrons. The smallest absolute Gasteiger partial charge is 0.309 e. The third kappa shape index (κ3) is 3.37. The molecule has 1 heterocycles. The van der Waals surface area contributed by atoms with Gasteiger partial charge >= 0.3 is 5.97 Å². The summed E-state index contributed by atoms with van der Waals surface area (Å²) in [5.74, 6) is -0.794. The van der Waals surface area contributed by atoms with Gasteiger partial charge in [0.2, 0.25) is 0 Å². The highest BCUT2D eigenvalue weighted by Gasteiger charge is 2.38. The fraction of sp³-hybridized carbons (Fsp3) is 0.562. The number of rotatable bonds is 4. The summed E-state index contributed by atoms with van der Waals surface area (Å²) in [5, 5.41) is 9.34. The van der Waals surface area contributed by atoms with Crippen molar-refractivity contribution in [2.75, 3.05) is 13.1 Å². The Hall–Kier alpha value is -1.42. The molecule has 1 aliphatic rings. The van der Waals surface area contributed by atoms with Gasteiger partial charge in [0.15, 0.2) is 0 Å².